The molecule has 4 heteroatoms. The molecule has 2 N–H and O–H groups in total. The second-order valence-corrected chi connectivity index (χ2v) is 5.45. The monoisotopic (exact) mass is 229 g/mol. The molecule has 0 aromatic carbocycles. The lowest BCUT2D eigenvalue weighted by Gasteiger charge is -2.12. The van der Waals surface area contributed by atoms with E-state index in [-0.39, 0.29) is 5.57 Å². The zero-order valence-corrected chi connectivity index (χ0v) is 9.98. The molecule has 1 aliphatic carbocycles. The Morgan fingerprint density at radius 3 is 2.93 bits per heavy atom. The van der Waals surface area contributed by atoms with Gasteiger partial charge in [0.15, 0.2) is 0 Å². The van der Waals surface area contributed by atoms with Crippen LogP contribution >= 0.6 is 11.8 Å². The van der Waals surface area contributed by atoms with E-state index in [1.165, 1.54) is 12.2 Å². The first-order chi connectivity index (χ1) is 7.13. The molecule has 2 unspecified atom stereocenters. The van der Waals surface area contributed by atoms with Gasteiger partial charge in [-0.1, -0.05) is 13.5 Å². The van der Waals surface area contributed by atoms with Gasteiger partial charge < -0.3 is 10.4 Å². The number of hydrogen-bond acceptors (Lipinski definition) is 3. The smallest absolute Gasteiger partial charge is 0.332 e. The van der Waals surface area contributed by atoms with Crippen molar-refractivity contribution in [2.24, 2.45) is 0 Å². The summed E-state index contributed by atoms with van der Waals surface area (Å²) in [6.45, 7) is 6.09. The number of carboxylic acids is 1. The first-order valence-electron chi connectivity index (χ1n) is 5.39. The van der Waals surface area contributed by atoms with Crippen LogP contribution < -0.4 is 5.32 Å². The van der Waals surface area contributed by atoms with Crippen LogP contribution in [0.3, 0.4) is 0 Å². The normalized spacial score (nSPS) is 25.4. The summed E-state index contributed by atoms with van der Waals surface area (Å²) < 4.78 is 0. The molecule has 0 aliphatic heterocycles. The van der Waals surface area contributed by atoms with Gasteiger partial charge in [-0.15, -0.1) is 0 Å². The van der Waals surface area contributed by atoms with Crippen LogP contribution in [0.5, 0.6) is 0 Å². The Kier molecular flexibility index (Phi) is 5.19. The van der Waals surface area contributed by atoms with Crippen molar-refractivity contribution in [2.45, 2.75) is 37.5 Å². The maximum absolute atomic E-state index is 10.5. The van der Waals surface area contributed by atoms with E-state index in [9.17, 15) is 4.79 Å². The third kappa shape index (κ3) is 4.26. The fraction of sp³-hybridized carbons (Fsp3) is 0.727. The minimum Gasteiger partial charge on any atom is -0.478 e. The Hall–Kier alpha value is -0.480. The number of carboxylic acid groups (broad SMARTS) is 1. The molecule has 0 bridgehead atoms. The van der Waals surface area contributed by atoms with Gasteiger partial charge in [-0.25, -0.2) is 4.79 Å². The van der Waals surface area contributed by atoms with Crippen LogP contribution in [0.2, 0.25) is 0 Å². The summed E-state index contributed by atoms with van der Waals surface area (Å²) in [5.41, 5.74) is 0.251. The molecular formula is C11H19NO2S. The Balaban J connectivity index is 2.19. The molecule has 0 saturated heterocycles. The van der Waals surface area contributed by atoms with Gasteiger partial charge in [0.25, 0.3) is 0 Å². The average Bonchev–Trinajstić information content (AvgIpc) is 2.62. The van der Waals surface area contributed by atoms with Crippen LogP contribution in [0.4, 0.5) is 0 Å². The summed E-state index contributed by atoms with van der Waals surface area (Å²) in [5.74, 6) is 0.263. The predicted molar refractivity (Wildman–Crippen MR) is 64.3 cm³/mol. The lowest BCUT2D eigenvalue weighted by Crippen LogP contribution is -2.30. The molecule has 1 fully saturated rings. The topological polar surface area (TPSA) is 49.3 Å². The number of rotatable bonds is 6. The Bertz CT molecular complexity index is 243. The van der Waals surface area contributed by atoms with E-state index < -0.39 is 5.97 Å². The van der Waals surface area contributed by atoms with Gasteiger partial charge in [0.2, 0.25) is 0 Å². The van der Waals surface area contributed by atoms with Crippen molar-refractivity contribution < 1.29 is 9.90 Å². The lowest BCUT2D eigenvalue weighted by molar-refractivity contribution is -0.132. The third-order valence-electron chi connectivity index (χ3n) is 2.69. The lowest BCUT2D eigenvalue weighted by atomic mass is 10.2. The predicted octanol–water partition coefficient (Wildman–Crippen LogP) is 1.89. The number of hydrogen-bond donors (Lipinski definition) is 2. The second-order valence-electron chi connectivity index (χ2n) is 3.88. The highest BCUT2D eigenvalue weighted by molar-refractivity contribution is 7.99. The molecule has 1 aliphatic rings. The standard InChI is InChI=1S/C11H19NO2S/c1-3-15-10-5-4-9(6-10)12-7-8(2)11(13)14/h9-10,12H,2-7H2,1H3,(H,13,14). The summed E-state index contributed by atoms with van der Waals surface area (Å²) in [7, 11) is 0. The fourth-order valence-electron chi connectivity index (χ4n) is 1.86. The Morgan fingerprint density at radius 1 is 1.60 bits per heavy atom. The molecule has 15 heavy (non-hydrogen) atoms. The van der Waals surface area contributed by atoms with Gasteiger partial charge in [0.1, 0.15) is 0 Å². The molecule has 0 amide bonds. The maximum atomic E-state index is 10.5. The van der Waals surface area contributed by atoms with E-state index in [0.29, 0.717) is 12.6 Å². The molecule has 0 aromatic rings. The van der Waals surface area contributed by atoms with Crippen LogP contribution in [0.15, 0.2) is 12.2 Å². The van der Waals surface area contributed by atoms with E-state index in [1.54, 1.807) is 0 Å². The quantitative estimate of drug-likeness (QED) is 0.683. The first kappa shape index (κ1) is 12.6. The molecule has 86 valence electrons. The molecule has 3 nitrogen and oxygen atoms in total. The van der Waals surface area contributed by atoms with Crippen LogP contribution in [0, 0.1) is 0 Å². The number of carbonyl (C=O) groups is 1. The van der Waals surface area contributed by atoms with Gasteiger partial charge in [-0.05, 0) is 25.0 Å². The molecule has 0 spiro atoms. The van der Waals surface area contributed by atoms with Gasteiger partial charge in [-0.2, -0.15) is 11.8 Å². The average molecular weight is 229 g/mol. The van der Waals surface area contributed by atoms with Crippen LogP contribution in [0.25, 0.3) is 0 Å². The molecule has 0 heterocycles. The van der Waals surface area contributed by atoms with Crippen molar-refractivity contribution in [1.82, 2.24) is 5.32 Å². The molecule has 1 rings (SSSR count). The minimum absolute atomic E-state index is 0.251. The molecule has 2 atom stereocenters. The summed E-state index contributed by atoms with van der Waals surface area (Å²) >= 11 is 2.00. The van der Waals surface area contributed by atoms with E-state index in [4.69, 9.17) is 5.11 Å². The third-order valence-corrected chi connectivity index (χ3v) is 3.93. The molecule has 0 aromatic heterocycles. The van der Waals surface area contributed by atoms with E-state index in [0.717, 1.165) is 18.1 Å². The summed E-state index contributed by atoms with van der Waals surface area (Å²) in [4.78, 5) is 10.5. The zero-order chi connectivity index (χ0) is 11.3. The zero-order valence-electron chi connectivity index (χ0n) is 9.16. The first-order valence-corrected chi connectivity index (χ1v) is 6.44. The number of aliphatic carboxylic acids is 1. The largest absolute Gasteiger partial charge is 0.478 e. The summed E-state index contributed by atoms with van der Waals surface area (Å²) in [6, 6.07) is 0.477. The van der Waals surface area contributed by atoms with Crippen LogP contribution in [0.1, 0.15) is 26.2 Å². The summed E-state index contributed by atoms with van der Waals surface area (Å²) in [5, 5.41) is 12.7. The molecular weight excluding hydrogens is 210 g/mol. The highest BCUT2D eigenvalue weighted by atomic mass is 32.2. The van der Waals surface area contributed by atoms with Crippen molar-refractivity contribution in [3.63, 3.8) is 0 Å². The van der Waals surface area contributed by atoms with Crippen molar-refractivity contribution in [3.05, 3.63) is 12.2 Å². The van der Waals surface area contributed by atoms with Gasteiger partial charge in [0.05, 0.1) is 0 Å². The minimum atomic E-state index is -0.903. The summed E-state index contributed by atoms with van der Waals surface area (Å²) in [6.07, 6.45) is 3.56. The van der Waals surface area contributed by atoms with Crippen molar-refractivity contribution in [3.8, 4) is 0 Å². The van der Waals surface area contributed by atoms with Gasteiger partial charge >= 0.3 is 5.97 Å². The van der Waals surface area contributed by atoms with Crippen molar-refractivity contribution in [1.29, 1.82) is 0 Å². The van der Waals surface area contributed by atoms with E-state index >= 15 is 0 Å². The molecule has 0 radical (unpaired) electrons. The highest BCUT2D eigenvalue weighted by Gasteiger charge is 2.24. The second kappa shape index (κ2) is 6.18. The fourth-order valence-corrected chi connectivity index (χ4v) is 3.00. The van der Waals surface area contributed by atoms with E-state index in [2.05, 4.69) is 18.8 Å². The number of thioether (sulfide) groups is 1. The van der Waals surface area contributed by atoms with Crippen LogP contribution in [-0.2, 0) is 4.79 Å². The highest BCUT2D eigenvalue weighted by Crippen LogP contribution is 2.29. The molecule has 1 saturated carbocycles. The van der Waals surface area contributed by atoms with Gasteiger partial charge in [-0.3, -0.25) is 0 Å². The van der Waals surface area contributed by atoms with Crippen LogP contribution in [-0.4, -0.2) is 34.7 Å². The maximum Gasteiger partial charge on any atom is 0.332 e. The number of nitrogens with one attached hydrogen (secondary N) is 1. The van der Waals surface area contributed by atoms with Gasteiger partial charge in [0, 0.05) is 23.4 Å². The van der Waals surface area contributed by atoms with Crippen molar-refractivity contribution >= 4 is 17.7 Å². The Labute approximate surface area is 95.3 Å². The van der Waals surface area contributed by atoms with Crippen molar-refractivity contribution in [2.75, 3.05) is 12.3 Å². The SMILES string of the molecule is C=C(CNC1CCC(SCC)C1)C(=O)O. The Morgan fingerprint density at radius 2 is 2.33 bits per heavy atom. The van der Waals surface area contributed by atoms with E-state index in [1.807, 2.05) is 11.8 Å².